The van der Waals surface area contributed by atoms with E-state index in [2.05, 4.69) is 21.0 Å². The van der Waals surface area contributed by atoms with Crippen LogP contribution in [0.4, 0.5) is 14.6 Å². The van der Waals surface area contributed by atoms with Gasteiger partial charge in [-0.05, 0) is 26.9 Å². The van der Waals surface area contributed by atoms with E-state index < -0.39 is 16.6 Å². The lowest BCUT2D eigenvalue weighted by atomic mass is 10.1. The first kappa shape index (κ1) is 20.3. The summed E-state index contributed by atoms with van der Waals surface area (Å²) in [6.07, 6.45) is 1.64. The molecule has 11 heteroatoms. The molecule has 1 aromatic carbocycles. The number of halogens is 3. The molecule has 1 fully saturated rings. The minimum Gasteiger partial charge on any atom is -0.358 e. The van der Waals surface area contributed by atoms with Gasteiger partial charge in [0.1, 0.15) is 4.47 Å². The van der Waals surface area contributed by atoms with E-state index >= 15 is 0 Å². The smallest absolute Gasteiger partial charge is 0.358 e. The Morgan fingerprint density at radius 3 is 2.61 bits per heavy atom. The second-order valence-electron chi connectivity index (χ2n) is 6.44. The first-order valence-electron chi connectivity index (χ1n) is 8.65. The van der Waals surface area contributed by atoms with Gasteiger partial charge in [-0.25, -0.2) is 8.78 Å². The lowest BCUT2D eigenvalue weighted by molar-refractivity contribution is -0.390. The van der Waals surface area contributed by atoms with Gasteiger partial charge in [-0.1, -0.05) is 12.1 Å². The number of amides is 1. The molecule has 1 amide bonds. The van der Waals surface area contributed by atoms with Crippen molar-refractivity contribution in [3.63, 3.8) is 0 Å². The monoisotopic (exact) mass is 457 g/mol. The summed E-state index contributed by atoms with van der Waals surface area (Å²) in [6, 6.07) is 4.12. The lowest BCUT2D eigenvalue weighted by Crippen LogP contribution is -2.48. The first-order valence-corrected chi connectivity index (χ1v) is 9.45. The predicted octanol–water partition coefficient (Wildman–Crippen LogP) is 2.57. The van der Waals surface area contributed by atoms with Crippen LogP contribution in [-0.4, -0.2) is 56.6 Å². The summed E-state index contributed by atoms with van der Waals surface area (Å²) in [5.74, 6) is -2.06. The number of hydrogen-bond donors (Lipinski definition) is 0. The standard InChI is InChI=1S/C17H18BrF2N5O3/c18-13-11-24(21-17(13)25(27)28)5-4-15(26)23-8-6-22(7-9-23)10-12-2-1-3-14(19)16(12)20/h1-3,11H,4-10H2. The van der Waals surface area contributed by atoms with Crippen molar-refractivity contribution >= 4 is 27.7 Å². The molecule has 1 saturated heterocycles. The van der Waals surface area contributed by atoms with Crippen molar-refractivity contribution in [3.05, 3.63) is 56.2 Å². The van der Waals surface area contributed by atoms with Crippen molar-refractivity contribution < 1.29 is 18.5 Å². The molecule has 0 aliphatic carbocycles. The number of carbonyl (C=O) groups excluding carboxylic acids is 1. The van der Waals surface area contributed by atoms with Gasteiger partial charge in [0, 0.05) is 44.7 Å². The molecule has 3 rings (SSSR count). The quantitative estimate of drug-likeness (QED) is 0.491. The fourth-order valence-corrected chi connectivity index (χ4v) is 3.52. The number of piperazine rings is 1. The number of benzene rings is 1. The Balaban J connectivity index is 1.48. The number of rotatable bonds is 6. The highest BCUT2D eigenvalue weighted by molar-refractivity contribution is 9.10. The van der Waals surface area contributed by atoms with Crippen LogP contribution in [0, 0.1) is 21.7 Å². The topological polar surface area (TPSA) is 84.5 Å². The van der Waals surface area contributed by atoms with E-state index in [1.807, 2.05) is 4.90 Å². The normalized spacial score (nSPS) is 15.0. The minimum absolute atomic E-state index is 0.0779. The Bertz CT molecular complexity index is 884. The predicted molar refractivity (Wildman–Crippen MR) is 99.4 cm³/mol. The van der Waals surface area contributed by atoms with Crippen LogP contribution < -0.4 is 0 Å². The van der Waals surface area contributed by atoms with Crippen molar-refractivity contribution in [2.24, 2.45) is 0 Å². The number of hydrogen-bond acceptors (Lipinski definition) is 5. The third kappa shape index (κ3) is 4.71. The van der Waals surface area contributed by atoms with Gasteiger partial charge >= 0.3 is 5.82 Å². The lowest BCUT2D eigenvalue weighted by Gasteiger charge is -2.34. The van der Waals surface area contributed by atoms with Crippen molar-refractivity contribution in [1.29, 1.82) is 0 Å². The molecule has 2 aromatic rings. The highest BCUT2D eigenvalue weighted by atomic mass is 79.9. The van der Waals surface area contributed by atoms with Crippen LogP contribution in [0.3, 0.4) is 0 Å². The summed E-state index contributed by atoms with van der Waals surface area (Å²) < 4.78 is 28.7. The van der Waals surface area contributed by atoms with Crippen molar-refractivity contribution in [2.75, 3.05) is 26.2 Å². The molecule has 8 nitrogen and oxygen atoms in total. The SMILES string of the molecule is O=C(CCn1cc(Br)c([N+](=O)[O-])n1)N1CCN(Cc2cccc(F)c2F)CC1. The Morgan fingerprint density at radius 1 is 1.25 bits per heavy atom. The Hall–Kier alpha value is -2.40. The molecule has 0 saturated carbocycles. The zero-order valence-corrected chi connectivity index (χ0v) is 16.4. The summed E-state index contributed by atoms with van der Waals surface area (Å²) in [6.45, 7) is 2.61. The van der Waals surface area contributed by atoms with E-state index in [0.717, 1.165) is 6.07 Å². The van der Waals surface area contributed by atoms with Crippen LogP contribution in [0.15, 0.2) is 28.9 Å². The third-order valence-corrected chi connectivity index (χ3v) is 5.14. The molecule has 0 radical (unpaired) electrons. The van der Waals surface area contributed by atoms with Crippen molar-refractivity contribution in [2.45, 2.75) is 19.5 Å². The van der Waals surface area contributed by atoms with Crippen LogP contribution in [0.5, 0.6) is 0 Å². The molecular formula is C17H18BrF2N5O3. The maximum absolute atomic E-state index is 13.8. The zero-order valence-electron chi connectivity index (χ0n) is 14.9. The molecule has 1 aliphatic rings. The molecule has 0 bridgehead atoms. The molecular weight excluding hydrogens is 440 g/mol. The zero-order chi connectivity index (χ0) is 20.3. The molecule has 28 heavy (non-hydrogen) atoms. The molecule has 0 spiro atoms. The van der Waals surface area contributed by atoms with Crippen LogP contribution in [0.2, 0.25) is 0 Å². The highest BCUT2D eigenvalue weighted by Crippen LogP contribution is 2.22. The average Bonchev–Trinajstić information content (AvgIpc) is 3.05. The Labute approximate surface area is 168 Å². The van der Waals surface area contributed by atoms with E-state index in [-0.39, 0.29) is 35.7 Å². The highest BCUT2D eigenvalue weighted by Gasteiger charge is 2.23. The van der Waals surface area contributed by atoms with Crippen molar-refractivity contribution in [1.82, 2.24) is 19.6 Å². The molecule has 0 atom stereocenters. The number of nitro groups is 1. The fourth-order valence-electron chi connectivity index (χ4n) is 3.06. The number of nitrogens with zero attached hydrogens (tertiary/aromatic N) is 5. The van der Waals surface area contributed by atoms with E-state index in [4.69, 9.17) is 0 Å². The number of aromatic nitrogens is 2. The van der Waals surface area contributed by atoms with Crippen LogP contribution in [0.1, 0.15) is 12.0 Å². The van der Waals surface area contributed by atoms with Gasteiger partial charge in [-0.15, -0.1) is 0 Å². The van der Waals surface area contributed by atoms with Gasteiger partial charge in [-0.3, -0.25) is 9.69 Å². The molecule has 0 N–H and O–H groups in total. The van der Waals surface area contributed by atoms with Crippen LogP contribution >= 0.6 is 15.9 Å². The van der Waals surface area contributed by atoms with Crippen LogP contribution in [0.25, 0.3) is 0 Å². The fraction of sp³-hybridized carbons (Fsp3) is 0.412. The first-order chi connectivity index (χ1) is 13.3. The van der Waals surface area contributed by atoms with E-state index in [1.54, 1.807) is 11.0 Å². The van der Waals surface area contributed by atoms with Gasteiger partial charge in [-0.2, -0.15) is 4.68 Å². The van der Waals surface area contributed by atoms with Crippen LogP contribution in [-0.2, 0) is 17.9 Å². The van der Waals surface area contributed by atoms with Gasteiger partial charge in [0.2, 0.25) is 5.91 Å². The van der Waals surface area contributed by atoms with Gasteiger partial charge in [0.25, 0.3) is 0 Å². The molecule has 2 heterocycles. The average molecular weight is 458 g/mol. The van der Waals surface area contributed by atoms with E-state index in [0.29, 0.717) is 31.7 Å². The minimum atomic E-state index is -0.864. The molecule has 1 aromatic heterocycles. The maximum atomic E-state index is 13.8. The second-order valence-corrected chi connectivity index (χ2v) is 7.30. The molecule has 0 unspecified atom stereocenters. The molecule has 150 valence electrons. The third-order valence-electron chi connectivity index (χ3n) is 4.58. The van der Waals surface area contributed by atoms with Crippen molar-refractivity contribution in [3.8, 4) is 0 Å². The molecule has 1 aliphatic heterocycles. The summed E-state index contributed by atoms with van der Waals surface area (Å²) in [4.78, 5) is 26.2. The second kappa shape index (κ2) is 8.74. The van der Waals surface area contributed by atoms with Gasteiger partial charge in [0.15, 0.2) is 11.6 Å². The Kier molecular flexibility index (Phi) is 6.35. The maximum Gasteiger partial charge on any atom is 0.404 e. The van der Waals surface area contributed by atoms with Gasteiger partial charge in [0.05, 0.1) is 17.8 Å². The summed E-state index contributed by atoms with van der Waals surface area (Å²) in [5.41, 5.74) is 0.297. The number of aryl methyl sites for hydroxylation is 1. The summed E-state index contributed by atoms with van der Waals surface area (Å²) in [7, 11) is 0. The van der Waals surface area contributed by atoms with E-state index in [1.165, 1.54) is 16.9 Å². The summed E-state index contributed by atoms with van der Waals surface area (Å²) >= 11 is 3.07. The summed E-state index contributed by atoms with van der Waals surface area (Å²) in [5, 5.41) is 14.6. The van der Waals surface area contributed by atoms with E-state index in [9.17, 15) is 23.7 Å². The largest absolute Gasteiger partial charge is 0.404 e. The Morgan fingerprint density at radius 2 is 1.96 bits per heavy atom. The van der Waals surface area contributed by atoms with Gasteiger partial charge < -0.3 is 15.0 Å². The number of carbonyl (C=O) groups is 1.